The highest BCUT2D eigenvalue weighted by atomic mass is 14.9. The Balaban J connectivity index is 2.58. The number of nitrogens with zero attached hydrogens (tertiary/aromatic N) is 2. The molecule has 3 heteroatoms. The van der Waals surface area contributed by atoms with Gasteiger partial charge in [0.2, 0.25) is 0 Å². The highest BCUT2D eigenvalue weighted by molar-refractivity contribution is 5.03. The smallest absolute Gasteiger partial charge is 0.125 e. The van der Waals surface area contributed by atoms with E-state index in [1.165, 1.54) is 6.42 Å². The summed E-state index contributed by atoms with van der Waals surface area (Å²) in [5, 5.41) is 3.34. The zero-order valence-electron chi connectivity index (χ0n) is 10.1. The first kappa shape index (κ1) is 12.1. The van der Waals surface area contributed by atoms with Crippen molar-refractivity contribution < 1.29 is 0 Å². The van der Waals surface area contributed by atoms with Crippen LogP contribution in [0.15, 0.2) is 12.3 Å². The molecule has 1 N–H and O–H groups in total. The van der Waals surface area contributed by atoms with Gasteiger partial charge in [-0.3, -0.25) is 0 Å². The molecule has 1 heterocycles. The lowest BCUT2D eigenvalue weighted by molar-refractivity contribution is 0.438. The summed E-state index contributed by atoms with van der Waals surface area (Å²) in [5.74, 6) is 1.57. The molecule has 1 unspecified atom stereocenters. The molecular weight excluding hydrogens is 186 g/mol. The van der Waals surface area contributed by atoms with Crippen LogP contribution in [-0.4, -0.2) is 23.1 Å². The second kappa shape index (κ2) is 5.81. The van der Waals surface area contributed by atoms with E-state index < -0.39 is 0 Å². The minimum absolute atomic E-state index is 0.513. The summed E-state index contributed by atoms with van der Waals surface area (Å²) in [7, 11) is 2.01. The number of aromatic nitrogens is 2. The molecule has 0 aliphatic carbocycles. The molecule has 0 fully saturated rings. The molecule has 15 heavy (non-hydrogen) atoms. The normalized spacial score (nSPS) is 13.1. The highest BCUT2D eigenvalue weighted by Gasteiger charge is 2.10. The maximum Gasteiger partial charge on any atom is 0.125 e. The number of likely N-dealkylation sites (N-methyl/N-ethyl adjacent to an activating group) is 1. The van der Waals surface area contributed by atoms with Crippen LogP contribution in [0.4, 0.5) is 0 Å². The largest absolute Gasteiger partial charge is 0.317 e. The van der Waals surface area contributed by atoms with Crippen LogP contribution in [0, 0.1) is 12.8 Å². The Hall–Kier alpha value is -0.960. The minimum atomic E-state index is 0.513. The Morgan fingerprint density at radius 2 is 2.13 bits per heavy atom. The third-order valence-electron chi connectivity index (χ3n) is 2.45. The first-order valence-electron chi connectivity index (χ1n) is 5.57. The summed E-state index contributed by atoms with van der Waals surface area (Å²) in [6, 6.07) is 2.51. The van der Waals surface area contributed by atoms with Crippen molar-refractivity contribution in [2.75, 3.05) is 7.05 Å². The first-order valence-corrected chi connectivity index (χ1v) is 5.57. The third kappa shape index (κ3) is 4.38. The van der Waals surface area contributed by atoms with Gasteiger partial charge in [0.25, 0.3) is 0 Å². The summed E-state index contributed by atoms with van der Waals surface area (Å²) in [4.78, 5) is 8.52. The van der Waals surface area contributed by atoms with Crippen molar-refractivity contribution in [1.82, 2.24) is 15.3 Å². The van der Waals surface area contributed by atoms with Gasteiger partial charge in [-0.1, -0.05) is 13.8 Å². The standard InChI is InChI=1S/C12H21N3/c1-9(2)7-12(13-4)8-11-5-6-14-10(3)15-11/h5-6,9,12-13H,7-8H2,1-4H3. The second-order valence-corrected chi connectivity index (χ2v) is 4.41. The van der Waals surface area contributed by atoms with Crippen LogP contribution in [0.1, 0.15) is 31.8 Å². The van der Waals surface area contributed by atoms with Gasteiger partial charge >= 0.3 is 0 Å². The van der Waals surface area contributed by atoms with Gasteiger partial charge in [0.1, 0.15) is 5.82 Å². The van der Waals surface area contributed by atoms with Crippen molar-refractivity contribution in [1.29, 1.82) is 0 Å². The van der Waals surface area contributed by atoms with Crippen LogP contribution in [0.25, 0.3) is 0 Å². The molecule has 0 aliphatic heterocycles. The molecule has 0 radical (unpaired) electrons. The van der Waals surface area contributed by atoms with E-state index in [0.29, 0.717) is 12.0 Å². The summed E-state index contributed by atoms with van der Waals surface area (Å²) < 4.78 is 0. The summed E-state index contributed by atoms with van der Waals surface area (Å²) >= 11 is 0. The van der Waals surface area contributed by atoms with Gasteiger partial charge < -0.3 is 5.32 Å². The van der Waals surface area contributed by atoms with Crippen LogP contribution >= 0.6 is 0 Å². The molecule has 0 spiro atoms. The first-order chi connectivity index (χ1) is 7.11. The minimum Gasteiger partial charge on any atom is -0.317 e. The number of aryl methyl sites for hydroxylation is 1. The average molecular weight is 207 g/mol. The van der Waals surface area contributed by atoms with E-state index in [4.69, 9.17) is 0 Å². The van der Waals surface area contributed by atoms with E-state index in [9.17, 15) is 0 Å². The van der Waals surface area contributed by atoms with E-state index in [2.05, 4.69) is 29.1 Å². The van der Waals surface area contributed by atoms with Gasteiger partial charge in [-0.25, -0.2) is 9.97 Å². The lowest BCUT2D eigenvalue weighted by Crippen LogP contribution is -2.29. The zero-order chi connectivity index (χ0) is 11.3. The molecule has 0 aromatic carbocycles. The van der Waals surface area contributed by atoms with Gasteiger partial charge in [-0.2, -0.15) is 0 Å². The molecule has 1 aromatic rings. The SMILES string of the molecule is CNC(Cc1ccnc(C)n1)CC(C)C. The van der Waals surface area contributed by atoms with Gasteiger partial charge in [0, 0.05) is 24.4 Å². The van der Waals surface area contributed by atoms with Gasteiger partial charge in [-0.15, -0.1) is 0 Å². The van der Waals surface area contributed by atoms with Gasteiger partial charge in [-0.05, 0) is 32.4 Å². The Kier molecular flexibility index (Phi) is 4.69. The predicted molar refractivity (Wildman–Crippen MR) is 62.8 cm³/mol. The summed E-state index contributed by atoms with van der Waals surface area (Å²) in [5.41, 5.74) is 1.13. The van der Waals surface area contributed by atoms with Crippen LogP contribution in [0.3, 0.4) is 0 Å². The van der Waals surface area contributed by atoms with Gasteiger partial charge in [0.05, 0.1) is 0 Å². The van der Waals surface area contributed by atoms with Gasteiger partial charge in [0.15, 0.2) is 0 Å². The van der Waals surface area contributed by atoms with Crippen molar-refractivity contribution in [3.8, 4) is 0 Å². The zero-order valence-corrected chi connectivity index (χ0v) is 10.1. The van der Waals surface area contributed by atoms with Crippen molar-refractivity contribution in [3.05, 3.63) is 23.8 Å². The quantitative estimate of drug-likeness (QED) is 0.802. The van der Waals surface area contributed by atoms with Crippen LogP contribution in [0.5, 0.6) is 0 Å². The molecule has 1 rings (SSSR count). The molecule has 0 saturated heterocycles. The summed E-state index contributed by atoms with van der Waals surface area (Å²) in [6.07, 6.45) is 4.00. The van der Waals surface area contributed by atoms with Crippen molar-refractivity contribution >= 4 is 0 Å². The van der Waals surface area contributed by atoms with E-state index in [0.717, 1.165) is 17.9 Å². The number of hydrogen-bond acceptors (Lipinski definition) is 3. The van der Waals surface area contributed by atoms with Crippen molar-refractivity contribution in [2.45, 2.75) is 39.7 Å². The molecule has 84 valence electrons. The monoisotopic (exact) mass is 207 g/mol. The fourth-order valence-corrected chi connectivity index (χ4v) is 1.74. The Labute approximate surface area is 92.3 Å². The van der Waals surface area contributed by atoms with Crippen LogP contribution in [0.2, 0.25) is 0 Å². The number of hydrogen-bond donors (Lipinski definition) is 1. The van der Waals surface area contributed by atoms with E-state index in [1.807, 2.05) is 26.2 Å². The molecular formula is C12H21N3. The lowest BCUT2D eigenvalue weighted by atomic mass is 10.00. The molecule has 3 nitrogen and oxygen atoms in total. The Morgan fingerprint density at radius 1 is 1.40 bits per heavy atom. The van der Waals surface area contributed by atoms with Crippen molar-refractivity contribution in [2.24, 2.45) is 5.92 Å². The molecule has 0 bridgehead atoms. The fraction of sp³-hybridized carbons (Fsp3) is 0.667. The molecule has 1 aromatic heterocycles. The summed E-state index contributed by atoms with van der Waals surface area (Å²) in [6.45, 7) is 6.42. The maximum absolute atomic E-state index is 4.42. The molecule has 0 saturated carbocycles. The maximum atomic E-state index is 4.42. The predicted octanol–water partition coefficient (Wildman–Crippen LogP) is 1.96. The molecule has 1 atom stereocenters. The van der Waals surface area contributed by atoms with Crippen LogP contribution in [-0.2, 0) is 6.42 Å². The second-order valence-electron chi connectivity index (χ2n) is 4.41. The topological polar surface area (TPSA) is 37.8 Å². The number of rotatable bonds is 5. The van der Waals surface area contributed by atoms with E-state index in [1.54, 1.807) is 0 Å². The van der Waals surface area contributed by atoms with E-state index in [-0.39, 0.29) is 0 Å². The Bertz CT molecular complexity index is 297. The highest BCUT2D eigenvalue weighted by Crippen LogP contribution is 2.09. The van der Waals surface area contributed by atoms with E-state index >= 15 is 0 Å². The number of nitrogens with one attached hydrogen (secondary N) is 1. The average Bonchev–Trinajstić information content (AvgIpc) is 2.16. The lowest BCUT2D eigenvalue weighted by Gasteiger charge is -2.17. The van der Waals surface area contributed by atoms with Crippen LogP contribution < -0.4 is 5.32 Å². The van der Waals surface area contributed by atoms with Crippen molar-refractivity contribution in [3.63, 3.8) is 0 Å². The third-order valence-corrected chi connectivity index (χ3v) is 2.45. The molecule has 0 amide bonds. The molecule has 0 aliphatic rings. The Morgan fingerprint density at radius 3 is 2.67 bits per heavy atom. The fourth-order valence-electron chi connectivity index (χ4n) is 1.74.